The van der Waals surface area contributed by atoms with E-state index >= 15 is 0 Å². The van der Waals surface area contributed by atoms with Gasteiger partial charge in [0.15, 0.2) is 11.5 Å². The Kier molecular flexibility index (Phi) is 8.09. The molecule has 2 unspecified atom stereocenters. The predicted octanol–water partition coefficient (Wildman–Crippen LogP) is 2.32. The van der Waals surface area contributed by atoms with Crippen molar-refractivity contribution in [3.63, 3.8) is 0 Å². The molecule has 8 nitrogen and oxygen atoms in total. The maximum Gasteiger partial charge on any atom is 0.254 e. The zero-order chi connectivity index (χ0) is 23.2. The van der Waals surface area contributed by atoms with E-state index in [-0.39, 0.29) is 24.0 Å². The monoisotopic (exact) mass is 459 g/mol. The summed E-state index contributed by atoms with van der Waals surface area (Å²) in [5, 5.41) is 3.17. The SMILES string of the molecule is COc1ccc(C(=O)N2CCN(C(C(=O)NCC3CCCO3)C3CCCC3)CC2)cc1OC. The summed E-state index contributed by atoms with van der Waals surface area (Å²) in [6.07, 6.45) is 6.82. The maximum absolute atomic E-state index is 13.2. The molecule has 4 rings (SSSR count). The van der Waals surface area contributed by atoms with E-state index in [1.807, 2.05) is 4.90 Å². The molecule has 33 heavy (non-hydrogen) atoms. The van der Waals surface area contributed by atoms with Crippen LogP contribution in [0.2, 0.25) is 0 Å². The van der Waals surface area contributed by atoms with Crippen molar-refractivity contribution in [3.8, 4) is 11.5 Å². The van der Waals surface area contributed by atoms with Gasteiger partial charge in [-0.25, -0.2) is 0 Å². The van der Waals surface area contributed by atoms with E-state index in [1.54, 1.807) is 32.4 Å². The Morgan fingerprint density at radius 3 is 2.39 bits per heavy atom. The smallest absolute Gasteiger partial charge is 0.254 e. The van der Waals surface area contributed by atoms with Gasteiger partial charge >= 0.3 is 0 Å². The van der Waals surface area contributed by atoms with Crippen LogP contribution in [0.1, 0.15) is 48.9 Å². The van der Waals surface area contributed by atoms with Gasteiger partial charge in [-0.3, -0.25) is 14.5 Å². The molecule has 2 atom stereocenters. The Labute approximate surface area is 196 Å². The van der Waals surface area contributed by atoms with Crippen molar-refractivity contribution in [2.75, 3.05) is 53.6 Å². The Hall–Kier alpha value is -2.32. The normalized spacial score (nSPS) is 22.8. The maximum atomic E-state index is 13.2. The first-order valence-electron chi connectivity index (χ1n) is 12.3. The zero-order valence-electron chi connectivity index (χ0n) is 19.9. The molecule has 2 heterocycles. The van der Waals surface area contributed by atoms with Gasteiger partial charge in [0.1, 0.15) is 0 Å². The van der Waals surface area contributed by atoms with Gasteiger partial charge in [0.25, 0.3) is 5.91 Å². The second-order valence-corrected chi connectivity index (χ2v) is 9.27. The number of nitrogens with one attached hydrogen (secondary N) is 1. The molecule has 1 N–H and O–H groups in total. The summed E-state index contributed by atoms with van der Waals surface area (Å²) in [6.45, 7) is 4.01. The Balaban J connectivity index is 1.37. The Morgan fingerprint density at radius 2 is 1.76 bits per heavy atom. The van der Waals surface area contributed by atoms with E-state index in [4.69, 9.17) is 14.2 Å². The summed E-state index contributed by atoms with van der Waals surface area (Å²) in [5.74, 6) is 1.65. The van der Waals surface area contributed by atoms with Crippen LogP contribution in [-0.2, 0) is 9.53 Å². The summed E-state index contributed by atoms with van der Waals surface area (Å²) in [7, 11) is 3.15. The number of hydrogen-bond donors (Lipinski definition) is 1. The highest BCUT2D eigenvalue weighted by Crippen LogP contribution is 2.32. The van der Waals surface area contributed by atoms with Crippen LogP contribution in [0.15, 0.2) is 18.2 Å². The van der Waals surface area contributed by atoms with Crippen LogP contribution < -0.4 is 14.8 Å². The van der Waals surface area contributed by atoms with Crippen molar-refractivity contribution in [2.24, 2.45) is 5.92 Å². The summed E-state index contributed by atoms with van der Waals surface area (Å²) in [4.78, 5) is 30.5. The molecule has 0 spiro atoms. The molecule has 1 saturated carbocycles. The Bertz CT molecular complexity index is 812. The molecule has 0 bridgehead atoms. The molecule has 0 radical (unpaired) electrons. The molecule has 1 aromatic rings. The number of ether oxygens (including phenoxy) is 3. The first-order valence-corrected chi connectivity index (χ1v) is 12.3. The number of benzene rings is 1. The first-order chi connectivity index (χ1) is 16.1. The van der Waals surface area contributed by atoms with Crippen LogP contribution in [0.25, 0.3) is 0 Å². The minimum atomic E-state index is -0.118. The minimum absolute atomic E-state index is 0.0177. The van der Waals surface area contributed by atoms with Crippen molar-refractivity contribution in [3.05, 3.63) is 23.8 Å². The average Bonchev–Trinajstić information content (AvgIpc) is 3.57. The fourth-order valence-corrected chi connectivity index (χ4v) is 5.43. The van der Waals surface area contributed by atoms with Crippen molar-refractivity contribution < 1.29 is 23.8 Å². The summed E-state index contributed by atoms with van der Waals surface area (Å²) < 4.78 is 16.3. The van der Waals surface area contributed by atoms with Gasteiger partial charge in [-0.15, -0.1) is 0 Å². The number of carbonyl (C=O) groups is 2. The molecule has 1 aromatic carbocycles. The lowest BCUT2D eigenvalue weighted by atomic mass is 9.94. The van der Waals surface area contributed by atoms with Gasteiger partial charge in [-0.05, 0) is 49.8 Å². The van der Waals surface area contributed by atoms with E-state index in [0.29, 0.717) is 55.7 Å². The van der Waals surface area contributed by atoms with Crippen LogP contribution in [0.5, 0.6) is 11.5 Å². The average molecular weight is 460 g/mol. The summed E-state index contributed by atoms with van der Waals surface area (Å²) in [5.41, 5.74) is 0.586. The highest BCUT2D eigenvalue weighted by Gasteiger charge is 2.37. The summed E-state index contributed by atoms with van der Waals surface area (Å²) >= 11 is 0. The van der Waals surface area contributed by atoms with Gasteiger partial charge in [-0.1, -0.05) is 12.8 Å². The second-order valence-electron chi connectivity index (χ2n) is 9.27. The number of carbonyl (C=O) groups excluding carboxylic acids is 2. The van der Waals surface area contributed by atoms with E-state index < -0.39 is 0 Å². The highest BCUT2D eigenvalue weighted by molar-refractivity contribution is 5.95. The minimum Gasteiger partial charge on any atom is -0.493 e. The predicted molar refractivity (Wildman–Crippen MR) is 125 cm³/mol. The molecule has 0 aromatic heterocycles. The van der Waals surface area contributed by atoms with Crippen molar-refractivity contribution in [1.82, 2.24) is 15.1 Å². The number of rotatable bonds is 8. The molecule has 2 saturated heterocycles. The second kappa shape index (κ2) is 11.2. The molecule has 182 valence electrons. The zero-order valence-corrected chi connectivity index (χ0v) is 19.9. The van der Waals surface area contributed by atoms with E-state index in [0.717, 1.165) is 32.3 Å². The lowest BCUT2D eigenvalue weighted by Gasteiger charge is -2.41. The molecule has 3 aliphatic rings. The van der Waals surface area contributed by atoms with Crippen molar-refractivity contribution in [1.29, 1.82) is 0 Å². The topological polar surface area (TPSA) is 80.3 Å². The fraction of sp³-hybridized carbons (Fsp3) is 0.680. The number of methoxy groups -OCH3 is 2. The van der Waals surface area contributed by atoms with E-state index in [1.165, 1.54) is 12.8 Å². The first kappa shape index (κ1) is 23.8. The molecular weight excluding hydrogens is 422 g/mol. The number of amides is 2. The lowest BCUT2D eigenvalue weighted by Crippen LogP contribution is -2.58. The quantitative estimate of drug-likeness (QED) is 0.643. The standard InChI is InChI=1S/C25H37N3O5/c1-31-21-10-9-19(16-22(21)32-2)25(30)28-13-11-27(12-14-28)23(18-6-3-4-7-18)24(29)26-17-20-8-5-15-33-20/h9-10,16,18,20,23H,3-8,11-15,17H2,1-2H3,(H,26,29). The van der Waals surface area contributed by atoms with Crippen molar-refractivity contribution in [2.45, 2.75) is 50.7 Å². The molecule has 3 fully saturated rings. The third-order valence-electron chi connectivity index (χ3n) is 7.27. The number of nitrogens with zero attached hydrogens (tertiary/aromatic N) is 2. The van der Waals surface area contributed by atoms with Crippen LogP contribution in [0, 0.1) is 5.92 Å². The summed E-state index contributed by atoms with van der Waals surface area (Å²) in [6, 6.07) is 5.15. The third-order valence-corrected chi connectivity index (χ3v) is 7.27. The number of hydrogen-bond acceptors (Lipinski definition) is 6. The van der Waals surface area contributed by atoms with Gasteiger partial charge in [0, 0.05) is 44.9 Å². The third kappa shape index (κ3) is 5.61. The molecule has 1 aliphatic carbocycles. The van der Waals surface area contributed by atoms with E-state index in [9.17, 15) is 9.59 Å². The molecule has 8 heteroatoms. The van der Waals surface area contributed by atoms with Gasteiger partial charge in [-0.2, -0.15) is 0 Å². The molecule has 2 amide bonds. The van der Waals surface area contributed by atoms with Crippen LogP contribution in [0.4, 0.5) is 0 Å². The molecular formula is C25H37N3O5. The van der Waals surface area contributed by atoms with Crippen LogP contribution in [-0.4, -0.2) is 87.3 Å². The van der Waals surface area contributed by atoms with Gasteiger partial charge in [0.05, 0.1) is 26.4 Å². The largest absolute Gasteiger partial charge is 0.493 e. The number of piperazine rings is 1. The van der Waals surface area contributed by atoms with Crippen molar-refractivity contribution >= 4 is 11.8 Å². The highest BCUT2D eigenvalue weighted by atomic mass is 16.5. The molecule has 2 aliphatic heterocycles. The van der Waals surface area contributed by atoms with Crippen LogP contribution >= 0.6 is 0 Å². The van der Waals surface area contributed by atoms with Gasteiger partial charge in [0.2, 0.25) is 5.91 Å². The lowest BCUT2D eigenvalue weighted by molar-refractivity contribution is -0.129. The fourth-order valence-electron chi connectivity index (χ4n) is 5.43. The van der Waals surface area contributed by atoms with E-state index in [2.05, 4.69) is 10.2 Å². The Morgan fingerprint density at radius 1 is 1.03 bits per heavy atom. The van der Waals surface area contributed by atoms with Gasteiger partial charge < -0.3 is 24.4 Å². The van der Waals surface area contributed by atoms with Crippen LogP contribution in [0.3, 0.4) is 0 Å².